The number of carboxylic acids is 1. The van der Waals surface area contributed by atoms with Gasteiger partial charge in [0.1, 0.15) is 5.75 Å². The number of hydrogen-bond donors (Lipinski definition) is 2. The van der Waals surface area contributed by atoms with Gasteiger partial charge in [-0.25, -0.2) is 9.59 Å². The number of esters is 1. The standard InChI is InChI=1S/C15H12F3NO2.C2HF3O2/c16-15(17,18)12-5-7-13(8-6-12)21-14(20)11-3-1-10(9-19)2-4-11;3-2(4,5)1(6)7/h1-8H,9,19H2;(H,6,7). The molecule has 0 saturated carbocycles. The number of halogens is 6. The summed E-state index contributed by atoms with van der Waals surface area (Å²) in [5.74, 6) is -3.35. The zero-order valence-electron chi connectivity index (χ0n) is 13.8. The van der Waals surface area contributed by atoms with Crippen LogP contribution >= 0.6 is 0 Å². The van der Waals surface area contributed by atoms with E-state index in [9.17, 15) is 31.1 Å². The molecule has 152 valence electrons. The topological polar surface area (TPSA) is 89.6 Å². The van der Waals surface area contributed by atoms with Crippen molar-refractivity contribution >= 4 is 11.9 Å². The third-order valence-electron chi connectivity index (χ3n) is 3.06. The van der Waals surface area contributed by atoms with E-state index in [1.54, 1.807) is 24.3 Å². The summed E-state index contributed by atoms with van der Waals surface area (Å²) in [5, 5.41) is 7.12. The van der Waals surface area contributed by atoms with E-state index >= 15 is 0 Å². The Morgan fingerprint density at radius 2 is 1.36 bits per heavy atom. The number of carbonyl (C=O) groups excluding carboxylic acids is 1. The highest BCUT2D eigenvalue weighted by atomic mass is 19.4. The summed E-state index contributed by atoms with van der Waals surface area (Å²) in [6.07, 6.45) is -9.50. The van der Waals surface area contributed by atoms with Gasteiger partial charge in [-0.2, -0.15) is 26.3 Å². The highest BCUT2D eigenvalue weighted by Crippen LogP contribution is 2.30. The number of carboxylic acid groups (broad SMARTS) is 1. The van der Waals surface area contributed by atoms with E-state index in [1.165, 1.54) is 0 Å². The van der Waals surface area contributed by atoms with Crippen LogP contribution in [0, 0.1) is 0 Å². The second-order valence-electron chi connectivity index (χ2n) is 5.12. The summed E-state index contributed by atoms with van der Waals surface area (Å²) < 4.78 is 73.9. The van der Waals surface area contributed by atoms with Crippen LogP contribution in [0.15, 0.2) is 48.5 Å². The van der Waals surface area contributed by atoms with Crippen LogP contribution in [0.1, 0.15) is 21.5 Å². The molecule has 0 aliphatic rings. The van der Waals surface area contributed by atoms with Crippen LogP contribution in [-0.4, -0.2) is 23.2 Å². The first-order valence-corrected chi connectivity index (χ1v) is 7.33. The maximum Gasteiger partial charge on any atom is 0.490 e. The van der Waals surface area contributed by atoms with Crippen molar-refractivity contribution in [3.05, 3.63) is 65.2 Å². The number of benzene rings is 2. The maximum atomic E-state index is 12.4. The quantitative estimate of drug-likeness (QED) is 0.454. The fraction of sp³-hybridized carbons (Fsp3) is 0.176. The van der Waals surface area contributed by atoms with Gasteiger partial charge in [0.2, 0.25) is 0 Å². The van der Waals surface area contributed by atoms with E-state index in [1.807, 2.05) is 0 Å². The summed E-state index contributed by atoms with van der Waals surface area (Å²) in [6, 6.07) is 10.4. The van der Waals surface area contributed by atoms with Crippen molar-refractivity contribution in [2.75, 3.05) is 0 Å². The van der Waals surface area contributed by atoms with E-state index in [4.69, 9.17) is 20.4 Å². The molecular formula is C17H13F6NO4. The lowest BCUT2D eigenvalue weighted by atomic mass is 10.1. The van der Waals surface area contributed by atoms with Gasteiger partial charge < -0.3 is 15.6 Å². The predicted octanol–water partition coefficient (Wildman–Crippen LogP) is 4.02. The zero-order valence-corrected chi connectivity index (χ0v) is 13.8. The Balaban J connectivity index is 0.000000480. The Hall–Kier alpha value is -3.08. The zero-order chi connectivity index (χ0) is 21.5. The molecule has 0 atom stereocenters. The van der Waals surface area contributed by atoms with Crippen molar-refractivity contribution in [3.8, 4) is 5.75 Å². The molecule has 11 heteroatoms. The van der Waals surface area contributed by atoms with E-state index in [-0.39, 0.29) is 5.75 Å². The Morgan fingerprint density at radius 3 is 1.71 bits per heavy atom. The van der Waals surface area contributed by atoms with Crippen molar-refractivity contribution in [2.45, 2.75) is 18.9 Å². The lowest BCUT2D eigenvalue weighted by Crippen LogP contribution is -2.21. The van der Waals surface area contributed by atoms with Crippen LogP contribution in [0.5, 0.6) is 5.75 Å². The van der Waals surface area contributed by atoms with Gasteiger partial charge in [-0.1, -0.05) is 12.1 Å². The summed E-state index contributed by atoms with van der Waals surface area (Å²) in [6.45, 7) is 0.355. The molecule has 0 fully saturated rings. The normalized spacial score (nSPS) is 11.2. The van der Waals surface area contributed by atoms with Gasteiger partial charge in [0.25, 0.3) is 0 Å². The predicted molar refractivity (Wildman–Crippen MR) is 84.4 cm³/mol. The lowest BCUT2D eigenvalue weighted by molar-refractivity contribution is -0.192. The molecular weight excluding hydrogens is 396 g/mol. The number of aliphatic carboxylic acids is 1. The van der Waals surface area contributed by atoms with Gasteiger partial charge in [-0.05, 0) is 42.0 Å². The molecule has 0 aliphatic carbocycles. The summed E-state index contributed by atoms with van der Waals surface area (Å²) in [4.78, 5) is 20.7. The Bertz CT molecular complexity index is 798. The second kappa shape index (κ2) is 9.22. The molecule has 0 amide bonds. The number of carbonyl (C=O) groups is 2. The minimum atomic E-state index is -5.08. The van der Waals surface area contributed by atoms with Gasteiger partial charge >= 0.3 is 24.3 Å². The van der Waals surface area contributed by atoms with Crippen LogP contribution in [0.3, 0.4) is 0 Å². The molecule has 0 aromatic heterocycles. The van der Waals surface area contributed by atoms with E-state index in [0.29, 0.717) is 12.1 Å². The van der Waals surface area contributed by atoms with E-state index < -0.39 is 29.9 Å². The van der Waals surface area contributed by atoms with Crippen molar-refractivity contribution < 1.29 is 45.8 Å². The minimum Gasteiger partial charge on any atom is -0.475 e. The van der Waals surface area contributed by atoms with Crippen molar-refractivity contribution in [2.24, 2.45) is 5.73 Å². The molecule has 5 nitrogen and oxygen atoms in total. The third kappa shape index (κ3) is 7.27. The van der Waals surface area contributed by atoms with Gasteiger partial charge in [0.15, 0.2) is 0 Å². The number of hydrogen-bond acceptors (Lipinski definition) is 4. The van der Waals surface area contributed by atoms with Gasteiger partial charge in [0.05, 0.1) is 11.1 Å². The first-order chi connectivity index (χ1) is 12.8. The van der Waals surface area contributed by atoms with Crippen molar-refractivity contribution in [1.82, 2.24) is 0 Å². The SMILES string of the molecule is NCc1ccc(C(=O)Oc2ccc(C(F)(F)F)cc2)cc1.O=C(O)C(F)(F)F. The van der Waals surface area contributed by atoms with Crippen LogP contribution in [0.4, 0.5) is 26.3 Å². The molecule has 28 heavy (non-hydrogen) atoms. The van der Waals surface area contributed by atoms with Crippen molar-refractivity contribution in [1.29, 1.82) is 0 Å². The average Bonchev–Trinajstić information content (AvgIpc) is 2.61. The third-order valence-corrected chi connectivity index (χ3v) is 3.06. The number of nitrogens with two attached hydrogens (primary N) is 1. The highest BCUT2D eigenvalue weighted by Gasteiger charge is 2.38. The molecule has 0 bridgehead atoms. The monoisotopic (exact) mass is 409 g/mol. The minimum absolute atomic E-state index is 0.0518. The number of alkyl halides is 6. The summed E-state index contributed by atoms with van der Waals surface area (Å²) in [5.41, 5.74) is 5.80. The number of ether oxygens (including phenoxy) is 1. The lowest BCUT2D eigenvalue weighted by Gasteiger charge is -2.08. The summed E-state index contributed by atoms with van der Waals surface area (Å²) >= 11 is 0. The first-order valence-electron chi connectivity index (χ1n) is 7.33. The van der Waals surface area contributed by atoms with E-state index in [2.05, 4.69) is 0 Å². The summed E-state index contributed by atoms with van der Waals surface area (Å²) in [7, 11) is 0. The van der Waals surface area contributed by atoms with Crippen LogP contribution in [-0.2, 0) is 17.5 Å². The molecule has 2 rings (SSSR count). The Kier molecular flexibility index (Phi) is 7.56. The maximum absolute atomic E-state index is 12.4. The molecule has 2 aromatic carbocycles. The van der Waals surface area contributed by atoms with Crippen molar-refractivity contribution in [3.63, 3.8) is 0 Å². The van der Waals surface area contributed by atoms with Gasteiger partial charge in [0, 0.05) is 6.54 Å². The Morgan fingerprint density at radius 1 is 0.893 bits per heavy atom. The number of rotatable bonds is 3. The molecule has 0 saturated heterocycles. The molecule has 0 heterocycles. The van der Waals surface area contributed by atoms with E-state index in [0.717, 1.165) is 29.8 Å². The van der Waals surface area contributed by atoms with Crippen LogP contribution in [0.2, 0.25) is 0 Å². The molecule has 0 unspecified atom stereocenters. The average molecular weight is 409 g/mol. The van der Waals surface area contributed by atoms with Crippen LogP contribution < -0.4 is 10.5 Å². The highest BCUT2D eigenvalue weighted by molar-refractivity contribution is 5.91. The molecule has 0 spiro atoms. The second-order valence-corrected chi connectivity index (χ2v) is 5.12. The van der Waals surface area contributed by atoms with Gasteiger partial charge in [-0.15, -0.1) is 0 Å². The largest absolute Gasteiger partial charge is 0.490 e. The molecule has 0 radical (unpaired) electrons. The fourth-order valence-electron chi connectivity index (χ4n) is 1.65. The first kappa shape index (κ1) is 23.0. The molecule has 3 N–H and O–H groups in total. The van der Waals surface area contributed by atoms with Gasteiger partial charge in [-0.3, -0.25) is 0 Å². The molecule has 0 aliphatic heterocycles. The fourth-order valence-corrected chi connectivity index (χ4v) is 1.65. The molecule has 2 aromatic rings. The smallest absolute Gasteiger partial charge is 0.475 e. The Labute approximate surface area is 154 Å². The van der Waals surface area contributed by atoms with Crippen LogP contribution in [0.25, 0.3) is 0 Å².